The van der Waals surface area contributed by atoms with Crippen LogP contribution in [0.25, 0.3) is 0 Å². The van der Waals surface area contributed by atoms with Crippen molar-refractivity contribution in [1.29, 1.82) is 0 Å². The van der Waals surface area contributed by atoms with Crippen LogP contribution in [-0.2, 0) is 0 Å². The van der Waals surface area contributed by atoms with E-state index in [1.807, 2.05) is 0 Å². The second kappa shape index (κ2) is 3.92. The zero-order valence-electron chi connectivity index (χ0n) is 6.57. The van der Waals surface area contributed by atoms with Crippen LogP contribution in [0, 0.1) is 0 Å². The second-order valence-corrected chi connectivity index (χ2v) is 4.94. The van der Waals surface area contributed by atoms with Gasteiger partial charge in [0.2, 0.25) is 5.13 Å². The number of aromatic nitrogens is 2. The standard InChI is InChI=1S/C6H11N3S2/c1-3-4(2)10-6-9-8-5(7)11-6/h4H,3H2,1-2H3,(H2,7,8). The molecule has 1 unspecified atom stereocenters. The van der Waals surface area contributed by atoms with Crippen LogP contribution in [0.4, 0.5) is 5.13 Å². The van der Waals surface area contributed by atoms with Gasteiger partial charge in [0.1, 0.15) is 0 Å². The molecule has 0 bridgehead atoms. The summed E-state index contributed by atoms with van der Waals surface area (Å²) >= 11 is 3.18. The fourth-order valence-electron chi connectivity index (χ4n) is 0.523. The van der Waals surface area contributed by atoms with Gasteiger partial charge in [-0.15, -0.1) is 10.2 Å². The van der Waals surface area contributed by atoms with Crippen LogP contribution in [0.3, 0.4) is 0 Å². The molecule has 0 fully saturated rings. The van der Waals surface area contributed by atoms with Crippen molar-refractivity contribution in [3.63, 3.8) is 0 Å². The van der Waals surface area contributed by atoms with Crippen LogP contribution in [0.2, 0.25) is 0 Å². The predicted octanol–water partition coefficient (Wildman–Crippen LogP) is 2.01. The molecule has 0 aliphatic carbocycles. The van der Waals surface area contributed by atoms with E-state index in [1.54, 1.807) is 11.8 Å². The minimum atomic E-state index is 0.552. The lowest BCUT2D eigenvalue weighted by molar-refractivity contribution is 0.900. The average Bonchev–Trinajstić information content (AvgIpc) is 2.35. The second-order valence-electron chi connectivity index (χ2n) is 2.24. The van der Waals surface area contributed by atoms with Crippen LogP contribution >= 0.6 is 23.1 Å². The van der Waals surface area contributed by atoms with Gasteiger partial charge >= 0.3 is 0 Å². The molecule has 11 heavy (non-hydrogen) atoms. The van der Waals surface area contributed by atoms with Gasteiger partial charge in [-0.3, -0.25) is 0 Å². The third-order valence-corrected chi connectivity index (χ3v) is 3.40. The smallest absolute Gasteiger partial charge is 0.203 e. The van der Waals surface area contributed by atoms with Gasteiger partial charge in [-0.1, -0.05) is 36.9 Å². The molecule has 3 nitrogen and oxygen atoms in total. The van der Waals surface area contributed by atoms with Crippen LogP contribution in [0.5, 0.6) is 0 Å². The molecule has 0 radical (unpaired) electrons. The summed E-state index contributed by atoms with van der Waals surface area (Å²) < 4.78 is 0.969. The quantitative estimate of drug-likeness (QED) is 0.739. The molecule has 0 amide bonds. The molecule has 2 N–H and O–H groups in total. The summed E-state index contributed by atoms with van der Waals surface area (Å²) in [6.07, 6.45) is 1.14. The number of hydrogen-bond acceptors (Lipinski definition) is 5. The van der Waals surface area contributed by atoms with Gasteiger partial charge in [-0.25, -0.2) is 0 Å². The van der Waals surface area contributed by atoms with Gasteiger partial charge in [0.25, 0.3) is 0 Å². The molecule has 1 heterocycles. The third kappa shape index (κ3) is 2.67. The van der Waals surface area contributed by atoms with Crippen molar-refractivity contribution in [3.05, 3.63) is 0 Å². The zero-order valence-corrected chi connectivity index (χ0v) is 8.21. The number of anilines is 1. The molecule has 0 saturated heterocycles. The molecule has 0 aliphatic heterocycles. The number of thioether (sulfide) groups is 1. The summed E-state index contributed by atoms with van der Waals surface area (Å²) in [5, 5.41) is 8.79. The van der Waals surface area contributed by atoms with E-state index in [9.17, 15) is 0 Å². The third-order valence-electron chi connectivity index (χ3n) is 1.30. The van der Waals surface area contributed by atoms with Crippen molar-refractivity contribution in [2.75, 3.05) is 5.73 Å². The number of hydrogen-bond donors (Lipinski definition) is 1. The molecule has 1 atom stereocenters. The molecule has 0 aromatic carbocycles. The fraction of sp³-hybridized carbons (Fsp3) is 0.667. The molecule has 0 aliphatic rings. The van der Waals surface area contributed by atoms with E-state index < -0.39 is 0 Å². The van der Waals surface area contributed by atoms with E-state index in [0.717, 1.165) is 10.8 Å². The summed E-state index contributed by atoms with van der Waals surface area (Å²) in [5.41, 5.74) is 5.43. The van der Waals surface area contributed by atoms with E-state index in [-0.39, 0.29) is 0 Å². The lowest BCUT2D eigenvalue weighted by Gasteiger charge is -2.01. The molecule has 0 spiro atoms. The Hall–Kier alpha value is -0.290. The van der Waals surface area contributed by atoms with Crippen LogP contribution in [0.15, 0.2) is 4.34 Å². The SMILES string of the molecule is CCC(C)Sc1nnc(N)s1. The molecule has 1 aromatic rings. The maximum absolute atomic E-state index is 5.43. The Morgan fingerprint density at radius 1 is 1.64 bits per heavy atom. The van der Waals surface area contributed by atoms with Gasteiger partial charge in [-0.2, -0.15) is 0 Å². The van der Waals surface area contributed by atoms with Crippen molar-refractivity contribution in [1.82, 2.24) is 10.2 Å². The molecule has 0 saturated carbocycles. The topological polar surface area (TPSA) is 51.8 Å². The Balaban J connectivity index is 2.50. The van der Waals surface area contributed by atoms with Gasteiger partial charge in [-0.05, 0) is 6.42 Å². The van der Waals surface area contributed by atoms with E-state index in [4.69, 9.17) is 5.73 Å². The van der Waals surface area contributed by atoms with Gasteiger partial charge in [0.15, 0.2) is 4.34 Å². The van der Waals surface area contributed by atoms with Crippen LogP contribution in [-0.4, -0.2) is 15.4 Å². The van der Waals surface area contributed by atoms with Crippen molar-refractivity contribution in [2.45, 2.75) is 29.9 Å². The van der Waals surface area contributed by atoms with Crippen molar-refractivity contribution in [3.8, 4) is 0 Å². The first kappa shape index (κ1) is 8.80. The lowest BCUT2D eigenvalue weighted by atomic mass is 10.4. The molecule has 5 heteroatoms. The highest BCUT2D eigenvalue weighted by molar-refractivity contribution is 8.01. The zero-order chi connectivity index (χ0) is 8.27. The molecule has 62 valence electrons. The van der Waals surface area contributed by atoms with E-state index in [1.165, 1.54) is 11.3 Å². The highest BCUT2D eigenvalue weighted by atomic mass is 32.2. The molecular weight excluding hydrogens is 178 g/mol. The first-order valence-corrected chi connectivity index (χ1v) is 5.17. The Kier molecular flexibility index (Phi) is 3.14. The minimum Gasteiger partial charge on any atom is -0.374 e. The first-order valence-electron chi connectivity index (χ1n) is 3.48. The summed E-state index contributed by atoms with van der Waals surface area (Å²) in [4.78, 5) is 0. The highest BCUT2D eigenvalue weighted by Crippen LogP contribution is 2.28. The maximum Gasteiger partial charge on any atom is 0.203 e. The Labute approximate surface area is 74.4 Å². The van der Waals surface area contributed by atoms with Crippen LogP contribution in [0.1, 0.15) is 20.3 Å². The normalized spacial score (nSPS) is 13.3. The number of nitrogens with zero attached hydrogens (tertiary/aromatic N) is 2. The number of nitrogen functional groups attached to an aromatic ring is 1. The summed E-state index contributed by atoms with van der Waals surface area (Å²) in [6, 6.07) is 0. The van der Waals surface area contributed by atoms with Gasteiger partial charge in [0, 0.05) is 5.25 Å². The van der Waals surface area contributed by atoms with E-state index >= 15 is 0 Å². The van der Waals surface area contributed by atoms with E-state index in [0.29, 0.717) is 10.4 Å². The average molecular weight is 189 g/mol. The Morgan fingerprint density at radius 2 is 2.36 bits per heavy atom. The first-order chi connectivity index (χ1) is 5.22. The summed E-state index contributed by atoms with van der Waals surface area (Å²) in [6.45, 7) is 4.32. The largest absolute Gasteiger partial charge is 0.374 e. The van der Waals surface area contributed by atoms with Crippen LogP contribution < -0.4 is 5.73 Å². The minimum absolute atomic E-state index is 0.552. The van der Waals surface area contributed by atoms with Crippen molar-refractivity contribution in [2.24, 2.45) is 0 Å². The Bertz CT molecular complexity index is 223. The summed E-state index contributed by atoms with van der Waals surface area (Å²) in [7, 11) is 0. The maximum atomic E-state index is 5.43. The number of rotatable bonds is 3. The molecule has 1 rings (SSSR count). The molecule has 1 aromatic heterocycles. The van der Waals surface area contributed by atoms with E-state index in [2.05, 4.69) is 24.0 Å². The molecular formula is C6H11N3S2. The summed E-state index contributed by atoms with van der Waals surface area (Å²) in [5.74, 6) is 0. The fourth-order valence-corrected chi connectivity index (χ4v) is 2.41. The monoisotopic (exact) mass is 189 g/mol. The lowest BCUT2D eigenvalue weighted by Crippen LogP contribution is -1.90. The predicted molar refractivity (Wildman–Crippen MR) is 49.9 cm³/mol. The number of nitrogens with two attached hydrogens (primary N) is 1. The van der Waals surface area contributed by atoms with Gasteiger partial charge in [0.05, 0.1) is 0 Å². The highest BCUT2D eigenvalue weighted by Gasteiger charge is 2.05. The van der Waals surface area contributed by atoms with Gasteiger partial charge < -0.3 is 5.73 Å². The van der Waals surface area contributed by atoms with Crippen molar-refractivity contribution < 1.29 is 0 Å². The van der Waals surface area contributed by atoms with Crippen molar-refractivity contribution >= 4 is 28.2 Å². The Morgan fingerprint density at radius 3 is 2.82 bits per heavy atom.